The molecular weight excluding hydrogens is 395 g/mol. The minimum atomic E-state index is -0.615. The number of nitrogens with zero attached hydrogens (tertiary/aromatic N) is 2. The lowest BCUT2D eigenvalue weighted by atomic mass is 10.2. The van der Waals surface area contributed by atoms with Gasteiger partial charge >= 0.3 is 5.97 Å². The molecule has 0 saturated carbocycles. The van der Waals surface area contributed by atoms with Crippen LogP contribution in [0.3, 0.4) is 0 Å². The Bertz CT molecular complexity index is 870. The van der Waals surface area contributed by atoms with Gasteiger partial charge < -0.3 is 13.9 Å². The van der Waals surface area contributed by atoms with Crippen molar-refractivity contribution >= 4 is 21.9 Å². The summed E-state index contributed by atoms with van der Waals surface area (Å²) in [6, 6.07) is 13.1. The highest BCUT2D eigenvalue weighted by molar-refractivity contribution is 9.10. The highest BCUT2D eigenvalue weighted by Gasteiger charge is 2.12. The molecule has 25 heavy (non-hydrogen) atoms. The Balaban J connectivity index is 1.50. The number of carbonyl (C=O) groups is 1. The molecule has 0 aliphatic carbocycles. The normalized spacial score (nSPS) is 10.5. The van der Waals surface area contributed by atoms with Crippen molar-refractivity contribution in [2.24, 2.45) is 0 Å². The van der Waals surface area contributed by atoms with Gasteiger partial charge in [0.2, 0.25) is 5.89 Å². The van der Waals surface area contributed by atoms with Crippen LogP contribution in [0.1, 0.15) is 5.89 Å². The van der Waals surface area contributed by atoms with Gasteiger partial charge in [0, 0.05) is 5.56 Å². The molecule has 6 nitrogen and oxygen atoms in total. The first kappa shape index (κ1) is 17.1. The standard InChI is InChI=1S/C17H12BrFN2O4/c18-13-8-12(19)6-7-14(13)23-10-16(22)24-9-15-20-21-17(25-15)11-4-2-1-3-5-11/h1-8H,9-10H2. The van der Waals surface area contributed by atoms with Crippen molar-refractivity contribution in [3.63, 3.8) is 0 Å². The van der Waals surface area contributed by atoms with Crippen LogP contribution < -0.4 is 4.74 Å². The number of esters is 1. The lowest BCUT2D eigenvalue weighted by Gasteiger charge is -2.07. The number of benzene rings is 2. The molecule has 1 heterocycles. The minimum Gasteiger partial charge on any atom is -0.481 e. The molecule has 0 aliphatic heterocycles. The maximum absolute atomic E-state index is 13.0. The number of aromatic nitrogens is 2. The number of hydrogen-bond donors (Lipinski definition) is 0. The highest BCUT2D eigenvalue weighted by Crippen LogP contribution is 2.25. The second-order valence-corrected chi connectivity index (χ2v) is 5.75. The maximum Gasteiger partial charge on any atom is 0.344 e. The van der Waals surface area contributed by atoms with Crippen LogP contribution in [-0.4, -0.2) is 22.8 Å². The van der Waals surface area contributed by atoms with E-state index in [0.29, 0.717) is 16.1 Å². The van der Waals surface area contributed by atoms with Crippen molar-refractivity contribution in [3.05, 3.63) is 64.7 Å². The lowest BCUT2D eigenvalue weighted by molar-refractivity contribution is -0.148. The van der Waals surface area contributed by atoms with Gasteiger partial charge in [0.05, 0.1) is 4.47 Å². The smallest absolute Gasteiger partial charge is 0.344 e. The zero-order valence-corrected chi connectivity index (χ0v) is 14.4. The molecule has 0 atom stereocenters. The van der Waals surface area contributed by atoms with E-state index >= 15 is 0 Å². The van der Waals surface area contributed by atoms with E-state index in [1.54, 1.807) is 0 Å². The molecule has 8 heteroatoms. The molecule has 0 bridgehead atoms. The summed E-state index contributed by atoms with van der Waals surface area (Å²) in [5, 5.41) is 7.72. The Kier molecular flexibility index (Phi) is 5.39. The SMILES string of the molecule is O=C(COc1ccc(F)cc1Br)OCc1nnc(-c2ccccc2)o1. The summed E-state index contributed by atoms with van der Waals surface area (Å²) in [6.07, 6.45) is 0. The van der Waals surface area contributed by atoms with E-state index in [1.807, 2.05) is 30.3 Å². The van der Waals surface area contributed by atoms with E-state index in [0.717, 1.165) is 5.56 Å². The molecule has 0 aliphatic rings. The summed E-state index contributed by atoms with van der Waals surface area (Å²) in [5.74, 6) is -0.168. The number of ether oxygens (including phenoxy) is 2. The Morgan fingerprint density at radius 1 is 1.16 bits per heavy atom. The molecule has 0 fully saturated rings. The molecule has 2 aromatic carbocycles. The first-order valence-electron chi connectivity index (χ1n) is 7.23. The third-order valence-corrected chi connectivity index (χ3v) is 3.70. The van der Waals surface area contributed by atoms with Gasteiger partial charge in [-0.25, -0.2) is 9.18 Å². The number of halogens is 2. The molecule has 128 valence electrons. The summed E-state index contributed by atoms with van der Waals surface area (Å²) >= 11 is 3.15. The lowest BCUT2D eigenvalue weighted by Crippen LogP contribution is -2.15. The average Bonchev–Trinajstić information content (AvgIpc) is 3.09. The average molecular weight is 407 g/mol. The van der Waals surface area contributed by atoms with Crippen LogP contribution in [0.2, 0.25) is 0 Å². The van der Waals surface area contributed by atoms with E-state index in [9.17, 15) is 9.18 Å². The van der Waals surface area contributed by atoms with Gasteiger partial charge in [-0.05, 0) is 46.3 Å². The van der Waals surface area contributed by atoms with E-state index < -0.39 is 11.8 Å². The van der Waals surface area contributed by atoms with Crippen LogP contribution >= 0.6 is 15.9 Å². The number of hydrogen-bond acceptors (Lipinski definition) is 6. The largest absolute Gasteiger partial charge is 0.481 e. The summed E-state index contributed by atoms with van der Waals surface area (Å²) in [6.45, 7) is -0.490. The van der Waals surface area contributed by atoms with E-state index in [4.69, 9.17) is 13.9 Å². The molecule has 0 unspecified atom stereocenters. The maximum atomic E-state index is 13.0. The predicted molar refractivity (Wildman–Crippen MR) is 89.1 cm³/mol. The van der Waals surface area contributed by atoms with Crippen molar-refractivity contribution in [2.45, 2.75) is 6.61 Å². The minimum absolute atomic E-state index is 0.160. The van der Waals surface area contributed by atoms with Crippen molar-refractivity contribution in [3.8, 4) is 17.2 Å². The molecular formula is C17H12BrFN2O4. The fourth-order valence-corrected chi connectivity index (χ4v) is 2.39. The van der Waals surface area contributed by atoms with Crippen LogP contribution in [0.5, 0.6) is 5.75 Å². The van der Waals surface area contributed by atoms with Crippen molar-refractivity contribution in [1.29, 1.82) is 0 Å². The zero-order chi connectivity index (χ0) is 17.6. The van der Waals surface area contributed by atoms with Gasteiger partial charge in [-0.15, -0.1) is 10.2 Å². The number of rotatable bonds is 6. The fourth-order valence-electron chi connectivity index (χ4n) is 1.92. The van der Waals surface area contributed by atoms with Crippen LogP contribution in [0, 0.1) is 5.82 Å². The van der Waals surface area contributed by atoms with Crippen LogP contribution in [0.4, 0.5) is 4.39 Å². The third kappa shape index (κ3) is 4.63. The Morgan fingerprint density at radius 3 is 2.72 bits per heavy atom. The summed E-state index contributed by atoms with van der Waals surface area (Å²) < 4.78 is 29.1. The third-order valence-electron chi connectivity index (χ3n) is 3.08. The predicted octanol–water partition coefficient (Wildman–Crippen LogP) is 3.76. The second-order valence-electron chi connectivity index (χ2n) is 4.89. The van der Waals surface area contributed by atoms with E-state index in [2.05, 4.69) is 26.1 Å². The molecule has 0 saturated heterocycles. The van der Waals surface area contributed by atoms with E-state index in [-0.39, 0.29) is 19.1 Å². The van der Waals surface area contributed by atoms with Crippen LogP contribution in [-0.2, 0) is 16.1 Å². The molecule has 0 spiro atoms. The zero-order valence-electron chi connectivity index (χ0n) is 12.8. The molecule has 3 rings (SSSR count). The van der Waals surface area contributed by atoms with Gasteiger partial charge in [0.25, 0.3) is 5.89 Å². The van der Waals surface area contributed by atoms with E-state index in [1.165, 1.54) is 18.2 Å². The Hall–Kier alpha value is -2.74. The van der Waals surface area contributed by atoms with Gasteiger partial charge in [-0.1, -0.05) is 18.2 Å². The van der Waals surface area contributed by atoms with Crippen molar-refractivity contribution in [2.75, 3.05) is 6.61 Å². The quantitative estimate of drug-likeness (QED) is 0.580. The van der Waals surface area contributed by atoms with Crippen molar-refractivity contribution < 1.29 is 23.1 Å². The fraction of sp³-hybridized carbons (Fsp3) is 0.118. The number of carbonyl (C=O) groups excluding carboxylic acids is 1. The van der Waals surface area contributed by atoms with Gasteiger partial charge in [-0.3, -0.25) is 0 Å². The summed E-state index contributed by atoms with van der Waals surface area (Å²) in [7, 11) is 0. The van der Waals surface area contributed by atoms with Crippen LogP contribution in [0.25, 0.3) is 11.5 Å². The molecule has 0 amide bonds. The topological polar surface area (TPSA) is 74.5 Å². The summed E-state index contributed by atoms with van der Waals surface area (Å²) in [4.78, 5) is 11.7. The van der Waals surface area contributed by atoms with Gasteiger partial charge in [-0.2, -0.15) is 0 Å². The van der Waals surface area contributed by atoms with Crippen LogP contribution in [0.15, 0.2) is 57.4 Å². The monoisotopic (exact) mass is 406 g/mol. The first-order chi connectivity index (χ1) is 12.1. The molecule has 0 N–H and O–H groups in total. The molecule has 0 radical (unpaired) electrons. The highest BCUT2D eigenvalue weighted by atomic mass is 79.9. The van der Waals surface area contributed by atoms with Crippen molar-refractivity contribution in [1.82, 2.24) is 10.2 Å². The Labute approximate surface area is 150 Å². The van der Waals surface area contributed by atoms with Gasteiger partial charge in [0.15, 0.2) is 13.2 Å². The second kappa shape index (κ2) is 7.89. The summed E-state index contributed by atoms with van der Waals surface area (Å²) in [5.41, 5.74) is 0.775. The molecule has 1 aromatic heterocycles. The first-order valence-corrected chi connectivity index (χ1v) is 8.02. The Morgan fingerprint density at radius 2 is 1.96 bits per heavy atom. The van der Waals surface area contributed by atoms with Gasteiger partial charge in [0.1, 0.15) is 11.6 Å². The molecule has 3 aromatic rings.